The lowest BCUT2D eigenvalue weighted by Gasteiger charge is -2.14. The van der Waals surface area contributed by atoms with Crippen molar-refractivity contribution in [2.45, 2.75) is 38.7 Å². The molecular weight excluding hydrogens is 571 g/mol. The Hall–Kier alpha value is -3.71. The van der Waals surface area contributed by atoms with Crippen molar-refractivity contribution in [2.75, 3.05) is 26.7 Å². The van der Waals surface area contributed by atoms with E-state index in [4.69, 9.17) is 28.2 Å². The van der Waals surface area contributed by atoms with Crippen molar-refractivity contribution in [3.05, 3.63) is 81.1 Å². The number of aliphatic hydroxyl groups is 1. The lowest BCUT2D eigenvalue weighted by Crippen LogP contribution is -2.28. The van der Waals surface area contributed by atoms with Gasteiger partial charge in [-0.2, -0.15) is 4.98 Å². The molecule has 0 radical (unpaired) electrons. The molecule has 0 aliphatic carbocycles. The van der Waals surface area contributed by atoms with Gasteiger partial charge in [-0.1, -0.05) is 23.7 Å². The monoisotopic (exact) mass is 605 g/mol. The van der Waals surface area contributed by atoms with Gasteiger partial charge < -0.3 is 26.9 Å². The number of halogens is 4. The lowest BCUT2D eigenvalue weighted by atomic mass is 10.0. The van der Waals surface area contributed by atoms with Gasteiger partial charge in [-0.05, 0) is 67.8 Å². The minimum Gasteiger partial charge on any atom is -0.400 e. The molecule has 0 saturated carbocycles. The normalized spacial score (nSPS) is 12.0. The van der Waals surface area contributed by atoms with E-state index < -0.39 is 30.4 Å². The summed E-state index contributed by atoms with van der Waals surface area (Å²) in [6, 6.07) is 11.9. The zero-order valence-electron chi connectivity index (χ0n) is 23.4. The summed E-state index contributed by atoms with van der Waals surface area (Å²) in [6.07, 6.45) is 1.96. The maximum atomic E-state index is 15.0. The maximum Gasteiger partial charge on any atom is 0.354 e. The van der Waals surface area contributed by atoms with Gasteiger partial charge in [0.2, 0.25) is 0 Å². The number of aromatic amines is 1. The molecule has 0 atom stereocenters. The number of nitrogens with one attached hydrogen (secondary N) is 2. The number of aryl methyl sites for hydroxylation is 1. The summed E-state index contributed by atoms with van der Waals surface area (Å²) in [5.41, 5.74) is 12.9. The minimum absolute atomic E-state index is 0.0333. The van der Waals surface area contributed by atoms with Crippen LogP contribution in [0.3, 0.4) is 0 Å². The van der Waals surface area contributed by atoms with Crippen molar-refractivity contribution in [1.82, 2.24) is 19.9 Å². The maximum absolute atomic E-state index is 15.0. The topological polar surface area (TPSA) is 147 Å². The lowest BCUT2D eigenvalue weighted by molar-refractivity contribution is 0.00246. The summed E-state index contributed by atoms with van der Waals surface area (Å²) in [4.78, 5) is 24.0. The van der Waals surface area contributed by atoms with Crippen molar-refractivity contribution in [3.63, 3.8) is 0 Å². The molecule has 0 fully saturated rings. The first kappa shape index (κ1) is 32.8. The third kappa shape index (κ3) is 8.65. The van der Waals surface area contributed by atoms with Crippen LogP contribution in [0.4, 0.5) is 13.2 Å². The van der Waals surface area contributed by atoms with E-state index >= 15 is 0 Å². The zero-order chi connectivity index (χ0) is 30.9. The average Bonchev–Trinajstić information content (AvgIpc) is 3.39. The van der Waals surface area contributed by atoms with Crippen LogP contribution < -0.4 is 22.5 Å². The van der Waals surface area contributed by atoms with Crippen LogP contribution in [0.1, 0.15) is 30.9 Å². The van der Waals surface area contributed by atoms with E-state index in [1.165, 1.54) is 16.7 Å². The van der Waals surface area contributed by atoms with Gasteiger partial charge in [0, 0.05) is 43.8 Å². The fourth-order valence-corrected chi connectivity index (χ4v) is 4.45. The molecule has 0 unspecified atom stereocenters. The van der Waals surface area contributed by atoms with Crippen LogP contribution in [-0.4, -0.2) is 58.1 Å². The first-order chi connectivity index (χ1) is 20.1. The summed E-state index contributed by atoms with van der Waals surface area (Å²) in [5, 5.41) is 10.7. The predicted octanol–water partition coefficient (Wildman–Crippen LogP) is 4.17. The number of hydrogen-bond acceptors (Lipinski definition) is 6. The Morgan fingerprint density at radius 1 is 1.19 bits per heavy atom. The second-order valence-corrected chi connectivity index (χ2v) is 10.0. The Morgan fingerprint density at radius 2 is 1.90 bits per heavy atom. The molecule has 0 spiro atoms. The second-order valence-electron chi connectivity index (χ2n) is 9.60. The molecule has 4 rings (SSSR count). The molecule has 4 aromatic rings. The summed E-state index contributed by atoms with van der Waals surface area (Å²) < 4.78 is 43.7. The highest BCUT2D eigenvalue weighted by molar-refractivity contribution is 6.31. The molecule has 2 aromatic heterocycles. The van der Waals surface area contributed by atoms with Gasteiger partial charge in [-0.25, -0.2) is 18.0 Å². The number of nitrogens with zero attached hydrogens (tertiary/aromatic N) is 3. The van der Waals surface area contributed by atoms with Crippen molar-refractivity contribution in [2.24, 2.45) is 16.5 Å². The van der Waals surface area contributed by atoms with Crippen LogP contribution in [-0.2, 0) is 13.0 Å². The van der Waals surface area contributed by atoms with E-state index in [0.717, 1.165) is 25.6 Å². The molecule has 0 aliphatic heterocycles. The second kappa shape index (κ2) is 15.0. The van der Waals surface area contributed by atoms with E-state index in [2.05, 4.69) is 20.3 Å². The summed E-state index contributed by atoms with van der Waals surface area (Å²) in [5.74, 6) is -3.16. The van der Waals surface area contributed by atoms with Crippen LogP contribution in [0, 0.1) is 5.82 Å². The first-order valence-electron chi connectivity index (χ1n) is 13.3. The minimum atomic E-state index is -3.03. The number of nitrogens with two attached hydrogens (primary N) is 2. The van der Waals surface area contributed by atoms with Crippen molar-refractivity contribution < 1.29 is 18.3 Å². The largest absolute Gasteiger partial charge is 0.400 e. The van der Waals surface area contributed by atoms with Gasteiger partial charge in [-0.3, -0.25) is 9.56 Å². The van der Waals surface area contributed by atoms with Crippen LogP contribution in [0.15, 0.2) is 58.4 Å². The summed E-state index contributed by atoms with van der Waals surface area (Å²) >= 11 is 6.08. The van der Waals surface area contributed by atoms with Gasteiger partial charge in [-0.15, -0.1) is 0 Å². The molecule has 0 aliphatic rings. The van der Waals surface area contributed by atoms with Crippen molar-refractivity contribution >= 4 is 28.5 Å². The quantitative estimate of drug-likeness (QED) is 0.0930. The van der Waals surface area contributed by atoms with Crippen molar-refractivity contribution in [3.8, 4) is 16.9 Å². The van der Waals surface area contributed by atoms with E-state index in [0.29, 0.717) is 41.3 Å². The highest BCUT2D eigenvalue weighted by atomic mass is 35.5. The van der Waals surface area contributed by atoms with Crippen LogP contribution in [0.25, 0.3) is 28.0 Å². The molecule has 2 aromatic carbocycles. The molecule has 2 heterocycles. The number of hydrogen-bond donors (Lipinski definition) is 5. The Labute approximate surface area is 246 Å². The molecule has 226 valence electrons. The molecule has 42 heavy (non-hydrogen) atoms. The molecular formula is C29H35ClF3N7O2. The molecule has 7 N–H and O–H groups in total. The van der Waals surface area contributed by atoms with Crippen molar-refractivity contribution in [1.29, 1.82) is 0 Å². The fourth-order valence-electron chi connectivity index (χ4n) is 4.21. The molecule has 0 amide bonds. The number of rotatable bonds is 12. The average molecular weight is 606 g/mol. The van der Waals surface area contributed by atoms with E-state index in [-0.39, 0.29) is 22.7 Å². The van der Waals surface area contributed by atoms with Gasteiger partial charge in [0.25, 0.3) is 5.92 Å². The number of aliphatic hydroxyl groups excluding tert-OH is 1. The summed E-state index contributed by atoms with van der Waals surface area (Å²) in [6.45, 7) is 3.12. The van der Waals surface area contributed by atoms with Gasteiger partial charge >= 0.3 is 5.69 Å². The predicted molar refractivity (Wildman–Crippen MR) is 161 cm³/mol. The number of aromatic nitrogens is 3. The van der Waals surface area contributed by atoms with Crippen LogP contribution in [0.2, 0.25) is 5.02 Å². The molecule has 0 saturated heterocycles. The fraction of sp³-hybridized carbons (Fsp3) is 0.345. The zero-order valence-corrected chi connectivity index (χ0v) is 24.2. The van der Waals surface area contributed by atoms with Crippen LogP contribution in [0.5, 0.6) is 0 Å². The molecule has 0 bridgehead atoms. The SMILES string of the molecule is CC(N)=NCCCNCc1ccc(-n2cc3cc(-c4cc(CCC(F)(F)CN)cc(Cl)c4F)[nH]c3nc2=O)cc1.CO. The molecule has 9 nitrogen and oxygen atoms in total. The van der Waals surface area contributed by atoms with Gasteiger partial charge in [0.05, 0.1) is 28.8 Å². The van der Waals surface area contributed by atoms with Gasteiger partial charge in [0.1, 0.15) is 5.65 Å². The van der Waals surface area contributed by atoms with E-state index in [1.54, 1.807) is 19.2 Å². The smallest absolute Gasteiger partial charge is 0.354 e. The third-order valence-electron chi connectivity index (χ3n) is 6.38. The number of amidine groups is 1. The Morgan fingerprint density at radius 3 is 2.57 bits per heavy atom. The van der Waals surface area contributed by atoms with E-state index in [1.807, 2.05) is 24.3 Å². The van der Waals surface area contributed by atoms with E-state index in [9.17, 15) is 18.0 Å². The number of fused-ring (bicyclic) bond motifs is 1. The number of alkyl halides is 2. The third-order valence-corrected chi connectivity index (χ3v) is 6.66. The standard InChI is InChI=1S/C28H31ClF3N7O.CH4O/c1-17(34)36-10-2-9-35-14-18-3-5-21(6-4-18)39-15-20-13-24(37-26(20)38-27(39)40)22-11-19(12-23(29)25(22)30)7-8-28(31,32)16-33;1-2/h3-6,11-13,15,35H,2,7-10,14,16,33H2,1H3,(H2,34,36)(H,37,38,40);2H,1H3. The molecule has 13 heteroatoms. The number of aliphatic imine (C=N–C) groups is 1. The number of H-pyrrole nitrogens is 1. The van der Waals surface area contributed by atoms with Gasteiger partial charge in [0.15, 0.2) is 5.82 Å². The highest BCUT2D eigenvalue weighted by Crippen LogP contribution is 2.32. The Bertz CT molecular complexity index is 1570. The first-order valence-corrected chi connectivity index (χ1v) is 13.6. The Kier molecular flexibility index (Phi) is 11.7. The summed E-state index contributed by atoms with van der Waals surface area (Å²) in [7, 11) is 1.00. The van der Waals surface area contributed by atoms with Crippen LogP contribution >= 0.6 is 11.6 Å². The Balaban J connectivity index is 0.00000237. The highest BCUT2D eigenvalue weighted by Gasteiger charge is 2.26. The number of benzene rings is 2.